The Kier molecular flexibility index (Phi) is 3.85. The molecule has 0 spiro atoms. The zero-order valence-electron chi connectivity index (χ0n) is 9.81. The summed E-state index contributed by atoms with van der Waals surface area (Å²) in [5.74, 6) is 0.486. The van der Waals surface area contributed by atoms with Crippen molar-refractivity contribution in [1.82, 2.24) is 0 Å². The Morgan fingerprint density at radius 1 is 1.11 bits per heavy atom. The van der Waals surface area contributed by atoms with E-state index in [2.05, 4.69) is 5.32 Å². The fourth-order valence-corrected chi connectivity index (χ4v) is 1.78. The number of amides is 1. The Labute approximate surface area is 110 Å². The number of carbonyl (C=O) groups excluding carboxylic acids is 1. The molecule has 0 saturated carbocycles. The van der Waals surface area contributed by atoms with E-state index in [9.17, 15) is 4.79 Å². The summed E-state index contributed by atoms with van der Waals surface area (Å²) >= 11 is 6.01. The lowest BCUT2D eigenvalue weighted by Gasteiger charge is -2.10. The van der Waals surface area contributed by atoms with E-state index in [1.807, 2.05) is 25.1 Å². The molecule has 0 aromatic heterocycles. The van der Waals surface area contributed by atoms with Gasteiger partial charge in [-0.2, -0.15) is 0 Å². The van der Waals surface area contributed by atoms with Gasteiger partial charge in [0, 0.05) is 0 Å². The van der Waals surface area contributed by atoms with E-state index in [-0.39, 0.29) is 0 Å². The molecule has 0 atom stereocenters. The van der Waals surface area contributed by atoms with Gasteiger partial charge < -0.3 is 4.74 Å². The maximum absolute atomic E-state index is 11.7. The average Bonchev–Trinajstić information content (AvgIpc) is 2.35. The van der Waals surface area contributed by atoms with Crippen LogP contribution in [0.25, 0.3) is 0 Å². The predicted octanol–water partition coefficient (Wildman–Crippen LogP) is 4.26. The Morgan fingerprint density at radius 3 is 2.50 bits per heavy atom. The van der Waals surface area contributed by atoms with Gasteiger partial charge in [0.15, 0.2) is 0 Å². The van der Waals surface area contributed by atoms with Crippen LogP contribution in [0.2, 0.25) is 5.02 Å². The van der Waals surface area contributed by atoms with Crippen molar-refractivity contribution in [3.63, 3.8) is 0 Å². The molecular formula is C14H12ClNO2. The SMILES string of the molecule is Cc1cccc(Cl)c1NC(=O)Oc1ccccc1. The Bertz CT molecular complexity index is 535. The second-order valence-corrected chi connectivity index (χ2v) is 4.17. The number of rotatable bonds is 2. The zero-order valence-corrected chi connectivity index (χ0v) is 10.6. The molecule has 0 aliphatic heterocycles. The first kappa shape index (κ1) is 12.5. The van der Waals surface area contributed by atoms with Gasteiger partial charge in [0.1, 0.15) is 5.75 Å². The minimum atomic E-state index is -0.558. The topological polar surface area (TPSA) is 38.3 Å². The lowest BCUT2D eigenvalue weighted by molar-refractivity contribution is 0.215. The quantitative estimate of drug-likeness (QED) is 0.877. The molecule has 4 heteroatoms. The summed E-state index contributed by atoms with van der Waals surface area (Å²) in [4.78, 5) is 11.7. The van der Waals surface area contributed by atoms with Crippen molar-refractivity contribution < 1.29 is 9.53 Å². The lowest BCUT2D eigenvalue weighted by atomic mass is 10.2. The fourth-order valence-electron chi connectivity index (χ4n) is 1.51. The van der Waals surface area contributed by atoms with Crippen LogP contribution in [0.1, 0.15) is 5.56 Å². The van der Waals surface area contributed by atoms with Gasteiger partial charge in [0.05, 0.1) is 10.7 Å². The van der Waals surface area contributed by atoms with Crippen LogP contribution in [-0.4, -0.2) is 6.09 Å². The van der Waals surface area contributed by atoms with Crippen LogP contribution in [0.4, 0.5) is 10.5 Å². The highest BCUT2D eigenvalue weighted by molar-refractivity contribution is 6.33. The largest absolute Gasteiger partial charge is 0.417 e. The lowest BCUT2D eigenvalue weighted by Crippen LogP contribution is -2.17. The third kappa shape index (κ3) is 3.02. The zero-order chi connectivity index (χ0) is 13.0. The number of halogens is 1. The van der Waals surface area contributed by atoms with Gasteiger partial charge in [-0.05, 0) is 30.7 Å². The Hall–Kier alpha value is -2.00. The smallest absolute Gasteiger partial charge is 0.410 e. The van der Waals surface area contributed by atoms with Gasteiger partial charge in [-0.15, -0.1) is 0 Å². The van der Waals surface area contributed by atoms with Crippen LogP contribution >= 0.6 is 11.6 Å². The highest BCUT2D eigenvalue weighted by Gasteiger charge is 2.09. The van der Waals surface area contributed by atoms with Crippen LogP contribution in [0.15, 0.2) is 48.5 Å². The molecule has 1 amide bonds. The molecule has 0 aliphatic carbocycles. The van der Waals surface area contributed by atoms with E-state index in [0.29, 0.717) is 16.5 Å². The normalized spacial score (nSPS) is 9.89. The van der Waals surface area contributed by atoms with E-state index in [0.717, 1.165) is 5.56 Å². The van der Waals surface area contributed by atoms with Gasteiger partial charge in [-0.25, -0.2) is 4.79 Å². The van der Waals surface area contributed by atoms with Crippen molar-refractivity contribution in [2.24, 2.45) is 0 Å². The predicted molar refractivity (Wildman–Crippen MR) is 72.3 cm³/mol. The van der Waals surface area contributed by atoms with Gasteiger partial charge in [0.2, 0.25) is 0 Å². The van der Waals surface area contributed by atoms with Crippen molar-refractivity contribution in [2.75, 3.05) is 5.32 Å². The monoisotopic (exact) mass is 261 g/mol. The first-order valence-electron chi connectivity index (χ1n) is 5.46. The Morgan fingerprint density at radius 2 is 1.83 bits per heavy atom. The number of anilines is 1. The summed E-state index contributed by atoms with van der Waals surface area (Å²) in [5.41, 5.74) is 1.45. The molecule has 2 aromatic rings. The van der Waals surface area contributed by atoms with Gasteiger partial charge in [0.25, 0.3) is 0 Å². The molecule has 0 radical (unpaired) electrons. The van der Waals surface area contributed by atoms with E-state index < -0.39 is 6.09 Å². The minimum Gasteiger partial charge on any atom is -0.410 e. The fraction of sp³-hybridized carbons (Fsp3) is 0.0714. The first-order chi connectivity index (χ1) is 8.66. The van der Waals surface area contributed by atoms with Gasteiger partial charge in [-0.1, -0.05) is 41.9 Å². The van der Waals surface area contributed by atoms with Crippen molar-refractivity contribution in [2.45, 2.75) is 6.92 Å². The number of hydrogen-bond acceptors (Lipinski definition) is 2. The summed E-state index contributed by atoms with van der Waals surface area (Å²) in [5, 5.41) is 3.12. The third-order valence-electron chi connectivity index (χ3n) is 2.40. The summed E-state index contributed by atoms with van der Waals surface area (Å²) in [6, 6.07) is 14.3. The number of para-hydroxylation sites is 2. The van der Waals surface area contributed by atoms with Crippen molar-refractivity contribution in [1.29, 1.82) is 0 Å². The molecule has 0 heterocycles. The highest BCUT2D eigenvalue weighted by Crippen LogP contribution is 2.25. The van der Waals surface area contributed by atoms with Crippen LogP contribution in [0.5, 0.6) is 5.75 Å². The number of hydrogen-bond donors (Lipinski definition) is 1. The molecule has 1 N–H and O–H groups in total. The first-order valence-corrected chi connectivity index (χ1v) is 5.83. The van der Waals surface area contributed by atoms with E-state index in [4.69, 9.17) is 16.3 Å². The number of benzene rings is 2. The highest BCUT2D eigenvalue weighted by atomic mass is 35.5. The second kappa shape index (κ2) is 5.56. The van der Waals surface area contributed by atoms with E-state index in [1.165, 1.54) is 0 Å². The molecule has 0 aliphatic rings. The number of ether oxygens (including phenoxy) is 1. The molecule has 92 valence electrons. The average molecular weight is 262 g/mol. The molecule has 0 saturated heterocycles. The molecule has 0 bridgehead atoms. The molecular weight excluding hydrogens is 250 g/mol. The summed E-state index contributed by atoms with van der Waals surface area (Å²) in [6.45, 7) is 1.87. The molecule has 3 nitrogen and oxygen atoms in total. The number of carbonyl (C=O) groups is 1. The van der Waals surface area contributed by atoms with Gasteiger partial charge >= 0.3 is 6.09 Å². The maximum Gasteiger partial charge on any atom is 0.417 e. The standard InChI is InChI=1S/C14H12ClNO2/c1-10-6-5-9-12(15)13(10)16-14(17)18-11-7-3-2-4-8-11/h2-9H,1H3,(H,16,17). The summed E-state index contributed by atoms with van der Waals surface area (Å²) in [7, 11) is 0. The minimum absolute atomic E-state index is 0.486. The molecule has 18 heavy (non-hydrogen) atoms. The number of nitrogens with one attached hydrogen (secondary N) is 1. The van der Waals surface area contributed by atoms with E-state index >= 15 is 0 Å². The van der Waals surface area contributed by atoms with Crippen molar-refractivity contribution in [3.05, 3.63) is 59.1 Å². The maximum atomic E-state index is 11.7. The third-order valence-corrected chi connectivity index (χ3v) is 2.72. The molecule has 2 aromatic carbocycles. The van der Waals surface area contributed by atoms with Crippen LogP contribution < -0.4 is 10.1 Å². The summed E-state index contributed by atoms with van der Waals surface area (Å²) < 4.78 is 5.12. The van der Waals surface area contributed by atoms with E-state index in [1.54, 1.807) is 30.3 Å². The molecule has 0 fully saturated rings. The summed E-state index contributed by atoms with van der Waals surface area (Å²) in [6.07, 6.45) is -0.558. The molecule has 0 unspecified atom stereocenters. The van der Waals surface area contributed by atoms with Crippen LogP contribution in [0.3, 0.4) is 0 Å². The van der Waals surface area contributed by atoms with Crippen LogP contribution in [-0.2, 0) is 0 Å². The van der Waals surface area contributed by atoms with Gasteiger partial charge in [-0.3, -0.25) is 5.32 Å². The van der Waals surface area contributed by atoms with Crippen molar-refractivity contribution >= 4 is 23.4 Å². The van der Waals surface area contributed by atoms with Crippen molar-refractivity contribution in [3.8, 4) is 5.75 Å². The second-order valence-electron chi connectivity index (χ2n) is 3.76. The number of aryl methyl sites for hydroxylation is 1. The van der Waals surface area contributed by atoms with Crippen LogP contribution in [0, 0.1) is 6.92 Å². The Balaban J connectivity index is 2.08. The molecule has 2 rings (SSSR count).